The summed E-state index contributed by atoms with van der Waals surface area (Å²) >= 11 is 0. The first-order valence-electron chi connectivity index (χ1n) is 14.9. The fourth-order valence-electron chi connectivity index (χ4n) is 9.85. The van der Waals surface area contributed by atoms with Crippen LogP contribution in [0.1, 0.15) is 117 Å². The zero-order valence-electron chi connectivity index (χ0n) is 22.6. The van der Waals surface area contributed by atoms with Crippen LogP contribution >= 0.6 is 0 Å². The minimum Gasteiger partial charge on any atom is -0.481 e. The quantitative estimate of drug-likeness (QED) is 0.400. The molecule has 5 aliphatic rings. The summed E-state index contributed by atoms with van der Waals surface area (Å²) in [7, 11) is 0. The molecule has 0 radical (unpaired) electrons. The fraction of sp³-hybridized carbons (Fsp3) is 0.967. The number of hydrogen-bond donors (Lipinski definition) is 4. The smallest absolute Gasteiger partial charge is 0.303 e. The van der Waals surface area contributed by atoms with Crippen molar-refractivity contribution in [3.63, 3.8) is 0 Å². The number of nitrogens with two attached hydrogens (primary N) is 1. The van der Waals surface area contributed by atoms with Crippen molar-refractivity contribution in [3.05, 3.63) is 0 Å². The first-order valence-corrected chi connectivity index (χ1v) is 14.9. The van der Waals surface area contributed by atoms with Crippen molar-refractivity contribution in [2.75, 3.05) is 0 Å². The van der Waals surface area contributed by atoms with Gasteiger partial charge in [-0.25, -0.2) is 0 Å². The molecule has 5 fully saturated rings. The molecule has 5 N–H and O–H groups in total. The van der Waals surface area contributed by atoms with Crippen LogP contribution in [0.15, 0.2) is 0 Å². The zero-order chi connectivity index (χ0) is 25.4. The van der Waals surface area contributed by atoms with Crippen molar-refractivity contribution in [3.8, 4) is 0 Å². The highest BCUT2D eigenvalue weighted by Crippen LogP contribution is 2.68. The predicted molar refractivity (Wildman–Crippen MR) is 140 cm³/mol. The van der Waals surface area contributed by atoms with E-state index >= 15 is 0 Å². The van der Waals surface area contributed by atoms with Gasteiger partial charge in [0.25, 0.3) is 0 Å². The molecule has 0 aliphatic heterocycles. The number of aliphatic hydroxyl groups is 2. The van der Waals surface area contributed by atoms with Gasteiger partial charge in [0.1, 0.15) is 0 Å². The van der Waals surface area contributed by atoms with E-state index in [1.165, 1.54) is 51.4 Å². The Morgan fingerprint density at radius 3 is 2.29 bits per heavy atom. The van der Waals surface area contributed by atoms with E-state index in [2.05, 4.69) is 20.8 Å². The highest BCUT2D eigenvalue weighted by molar-refractivity contribution is 5.66. The van der Waals surface area contributed by atoms with Crippen LogP contribution in [0.5, 0.6) is 0 Å². The molecule has 0 bridgehead atoms. The molecule has 0 saturated heterocycles. The molecule has 0 heterocycles. The minimum atomic E-state index is -0.707. The molecule has 5 heteroatoms. The van der Waals surface area contributed by atoms with E-state index in [-0.39, 0.29) is 29.5 Å². The fourth-order valence-corrected chi connectivity index (χ4v) is 9.85. The van der Waals surface area contributed by atoms with Gasteiger partial charge in [-0.1, -0.05) is 40.0 Å². The van der Waals surface area contributed by atoms with Crippen LogP contribution in [-0.2, 0) is 4.79 Å². The van der Waals surface area contributed by atoms with E-state index in [0.717, 1.165) is 38.5 Å². The molecule has 0 aromatic rings. The number of carboxylic acid groups (broad SMARTS) is 1. The topological polar surface area (TPSA) is 104 Å². The van der Waals surface area contributed by atoms with Gasteiger partial charge >= 0.3 is 5.97 Å². The summed E-state index contributed by atoms with van der Waals surface area (Å²) in [5, 5.41) is 30.8. The van der Waals surface area contributed by atoms with E-state index in [1.807, 2.05) is 0 Å². The van der Waals surface area contributed by atoms with Crippen LogP contribution < -0.4 is 5.73 Å². The lowest BCUT2D eigenvalue weighted by Crippen LogP contribution is -2.58. The molecule has 35 heavy (non-hydrogen) atoms. The molecule has 5 rings (SSSR count). The Bertz CT molecular complexity index is 723. The van der Waals surface area contributed by atoms with Gasteiger partial charge in [0.05, 0.1) is 12.2 Å². The summed E-state index contributed by atoms with van der Waals surface area (Å²) in [5.41, 5.74) is 5.85. The van der Waals surface area contributed by atoms with Crippen molar-refractivity contribution in [1.82, 2.24) is 0 Å². The maximum absolute atomic E-state index is 11.5. The summed E-state index contributed by atoms with van der Waals surface area (Å²) in [6.07, 6.45) is 15.9. The Balaban J connectivity index is 0.000000356. The number of aliphatic hydroxyl groups excluding tert-OH is 2. The monoisotopic (exact) mass is 491 g/mol. The van der Waals surface area contributed by atoms with Crippen LogP contribution in [0.25, 0.3) is 0 Å². The Labute approximate surface area is 213 Å². The second-order valence-corrected chi connectivity index (χ2v) is 13.7. The molecular weight excluding hydrogens is 438 g/mol. The molecule has 0 aromatic carbocycles. The summed E-state index contributed by atoms with van der Waals surface area (Å²) in [6.45, 7) is 6.99. The van der Waals surface area contributed by atoms with Crippen molar-refractivity contribution < 1.29 is 20.1 Å². The largest absolute Gasteiger partial charge is 0.481 e. The Kier molecular flexibility index (Phi) is 8.60. The first kappa shape index (κ1) is 27.4. The van der Waals surface area contributed by atoms with Crippen LogP contribution in [0.2, 0.25) is 0 Å². The second kappa shape index (κ2) is 11.0. The molecule has 0 spiro atoms. The molecule has 0 amide bonds. The van der Waals surface area contributed by atoms with Crippen molar-refractivity contribution >= 4 is 5.97 Å². The third kappa shape index (κ3) is 5.34. The van der Waals surface area contributed by atoms with Crippen LogP contribution in [0.4, 0.5) is 0 Å². The minimum absolute atomic E-state index is 0.0591. The number of carboxylic acids is 1. The maximum atomic E-state index is 11.5. The number of hydrogen-bond acceptors (Lipinski definition) is 4. The standard InChI is InChI=1S/C24H40O4.C6H13N/c1-14(4-9-22(27)28)18-7-8-19-17-6-5-15-12-16(25)10-11-23(15,2)20(17)13-21(26)24(18,19)3;7-6-4-2-1-3-5-6/h14-21,25-26H,4-13H2,1-3H3,(H,27,28);6H,1-5,7H2/t14-,15-,16-,17?,18-,19?,20?,21+,23+,24-;/m1./s1. The van der Waals surface area contributed by atoms with Gasteiger partial charge in [-0.3, -0.25) is 4.79 Å². The average molecular weight is 492 g/mol. The van der Waals surface area contributed by atoms with Gasteiger partial charge in [-0.05, 0) is 117 Å². The Hall–Kier alpha value is -0.650. The molecule has 0 aromatic heterocycles. The van der Waals surface area contributed by atoms with Gasteiger partial charge in [-0.15, -0.1) is 0 Å². The van der Waals surface area contributed by atoms with E-state index in [0.29, 0.717) is 41.5 Å². The van der Waals surface area contributed by atoms with E-state index < -0.39 is 5.97 Å². The lowest BCUT2D eigenvalue weighted by molar-refractivity contribution is -0.175. The molecule has 5 nitrogen and oxygen atoms in total. The molecule has 202 valence electrons. The van der Waals surface area contributed by atoms with Crippen molar-refractivity contribution in [2.24, 2.45) is 52.1 Å². The van der Waals surface area contributed by atoms with Gasteiger partial charge in [0.2, 0.25) is 0 Å². The van der Waals surface area contributed by atoms with Crippen molar-refractivity contribution in [2.45, 2.75) is 135 Å². The molecule has 10 atom stereocenters. The number of rotatable bonds is 4. The highest BCUT2D eigenvalue weighted by Gasteiger charge is 2.63. The number of fused-ring (bicyclic) bond motifs is 5. The van der Waals surface area contributed by atoms with E-state index in [9.17, 15) is 15.0 Å². The zero-order valence-corrected chi connectivity index (χ0v) is 22.6. The predicted octanol–water partition coefficient (Wildman–Crippen LogP) is 5.76. The Morgan fingerprint density at radius 2 is 1.66 bits per heavy atom. The normalized spacial score (nSPS) is 46.4. The lowest BCUT2D eigenvalue weighted by Gasteiger charge is -2.62. The first-order chi connectivity index (χ1) is 16.6. The average Bonchev–Trinajstić information content (AvgIpc) is 3.18. The second-order valence-electron chi connectivity index (χ2n) is 13.7. The molecule has 3 unspecified atom stereocenters. The molecule has 5 saturated carbocycles. The van der Waals surface area contributed by atoms with Gasteiger partial charge in [0.15, 0.2) is 0 Å². The third-order valence-electron chi connectivity index (χ3n) is 12.0. The summed E-state index contributed by atoms with van der Waals surface area (Å²) < 4.78 is 0. The lowest BCUT2D eigenvalue weighted by atomic mass is 9.43. The van der Waals surface area contributed by atoms with Crippen LogP contribution in [0, 0.1) is 46.3 Å². The van der Waals surface area contributed by atoms with Crippen LogP contribution in [0.3, 0.4) is 0 Å². The summed E-state index contributed by atoms with van der Waals surface area (Å²) in [4.78, 5) is 11.1. The summed E-state index contributed by atoms with van der Waals surface area (Å²) in [6, 6.07) is 0.536. The Morgan fingerprint density at radius 1 is 0.943 bits per heavy atom. The molecular formula is C30H53NO4. The van der Waals surface area contributed by atoms with E-state index in [1.54, 1.807) is 0 Å². The maximum Gasteiger partial charge on any atom is 0.303 e. The molecule has 5 aliphatic carbocycles. The van der Waals surface area contributed by atoms with Gasteiger partial charge in [-0.2, -0.15) is 0 Å². The van der Waals surface area contributed by atoms with Crippen LogP contribution in [-0.4, -0.2) is 39.5 Å². The van der Waals surface area contributed by atoms with Gasteiger partial charge in [0, 0.05) is 12.5 Å². The number of carbonyl (C=O) groups is 1. The van der Waals surface area contributed by atoms with Gasteiger partial charge < -0.3 is 21.1 Å². The summed E-state index contributed by atoms with van der Waals surface area (Å²) in [5.74, 6) is 2.55. The van der Waals surface area contributed by atoms with E-state index in [4.69, 9.17) is 10.8 Å². The highest BCUT2D eigenvalue weighted by atomic mass is 16.4. The number of aliphatic carboxylic acids is 1. The van der Waals surface area contributed by atoms with Crippen molar-refractivity contribution in [1.29, 1.82) is 0 Å². The SMILES string of the molecule is C[C@H](CCC(=O)O)[C@H]1CCC2C3CC[C@@H]4C[C@H](O)CC[C@]4(C)C3C[C@H](O)[C@@]21C.NC1CCCCC1. The third-order valence-corrected chi connectivity index (χ3v) is 12.0.